The second-order valence-corrected chi connectivity index (χ2v) is 5.67. The first-order chi connectivity index (χ1) is 10.2. The molecule has 0 atom stereocenters. The molecule has 0 bridgehead atoms. The Balaban J connectivity index is 2.00. The highest BCUT2D eigenvalue weighted by Gasteiger charge is 2.05. The molecule has 5 heteroatoms. The van der Waals surface area contributed by atoms with Crippen LogP contribution in [-0.2, 0) is 13.6 Å². The average molecular weight is 297 g/mol. The van der Waals surface area contributed by atoms with Gasteiger partial charge in [0.05, 0.1) is 12.2 Å². The quantitative estimate of drug-likeness (QED) is 0.732. The van der Waals surface area contributed by atoms with Gasteiger partial charge in [-0.3, -0.25) is 4.57 Å². The van der Waals surface area contributed by atoms with E-state index < -0.39 is 0 Å². The Morgan fingerprint density at radius 3 is 2.29 bits per heavy atom. The monoisotopic (exact) mass is 297 g/mol. The normalized spacial score (nSPS) is 11.8. The fourth-order valence-corrected chi connectivity index (χ4v) is 2.96. The SMILES string of the molecule is Cn1c(=Nc2ccccc2)sn(Cc2ccccc2)c1=O. The number of hydrogen-bond donors (Lipinski definition) is 0. The lowest BCUT2D eigenvalue weighted by molar-refractivity contribution is 0.730. The van der Waals surface area contributed by atoms with Crippen LogP contribution in [0, 0.1) is 0 Å². The van der Waals surface area contributed by atoms with E-state index in [0.29, 0.717) is 11.3 Å². The van der Waals surface area contributed by atoms with Gasteiger partial charge in [0, 0.05) is 7.05 Å². The number of hydrogen-bond acceptors (Lipinski definition) is 3. The van der Waals surface area contributed by atoms with E-state index >= 15 is 0 Å². The van der Waals surface area contributed by atoms with Crippen molar-refractivity contribution in [3.63, 3.8) is 0 Å². The fourth-order valence-electron chi connectivity index (χ4n) is 2.01. The maximum Gasteiger partial charge on any atom is 0.339 e. The predicted octanol–water partition coefficient (Wildman–Crippen LogP) is 2.53. The van der Waals surface area contributed by atoms with Crippen LogP contribution in [0.15, 0.2) is 70.5 Å². The molecule has 0 radical (unpaired) electrons. The van der Waals surface area contributed by atoms with Crippen LogP contribution in [0.2, 0.25) is 0 Å². The third kappa shape index (κ3) is 3.03. The minimum Gasteiger partial charge on any atom is -0.271 e. The zero-order chi connectivity index (χ0) is 14.7. The Labute approximate surface area is 126 Å². The van der Waals surface area contributed by atoms with E-state index in [4.69, 9.17) is 0 Å². The second-order valence-electron chi connectivity index (χ2n) is 4.69. The van der Waals surface area contributed by atoms with Crippen LogP contribution < -0.4 is 10.5 Å². The Morgan fingerprint density at radius 2 is 1.62 bits per heavy atom. The minimum absolute atomic E-state index is 0.0430. The molecule has 1 aromatic heterocycles. The summed E-state index contributed by atoms with van der Waals surface area (Å²) < 4.78 is 3.30. The van der Waals surface area contributed by atoms with E-state index in [1.165, 1.54) is 11.5 Å². The maximum absolute atomic E-state index is 12.3. The maximum atomic E-state index is 12.3. The lowest BCUT2D eigenvalue weighted by atomic mass is 10.2. The lowest BCUT2D eigenvalue weighted by Gasteiger charge is -1.98. The Bertz CT molecular complexity index is 844. The number of rotatable bonds is 3. The van der Waals surface area contributed by atoms with Crippen LogP contribution in [0.4, 0.5) is 5.69 Å². The lowest BCUT2D eigenvalue weighted by Crippen LogP contribution is -2.26. The van der Waals surface area contributed by atoms with E-state index in [1.54, 1.807) is 15.6 Å². The molecular formula is C16H15N3OS. The van der Waals surface area contributed by atoms with E-state index in [2.05, 4.69) is 4.99 Å². The van der Waals surface area contributed by atoms with Gasteiger partial charge in [0.15, 0.2) is 0 Å². The number of para-hydroxylation sites is 1. The van der Waals surface area contributed by atoms with E-state index in [9.17, 15) is 4.79 Å². The van der Waals surface area contributed by atoms with Crippen molar-refractivity contribution in [2.24, 2.45) is 12.0 Å². The average Bonchev–Trinajstić information content (AvgIpc) is 2.78. The van der Waals surface area contributed by atoms with Gasteiger partial charge >= 0.3 is 5.69 Å². The number of aromatic nitrogens is 2. The fraction of sp³-hybridized carbons (Fsp3) is 0.125. The summed E-state index contributed by atoms with van der Waals surface area (Å²) in [5.74, 6) is 0. The van der Waals surface area contributed by atoms with Gasteiger partial charge in [0.2, 0.25) is 4.80 Å². The summed E-state index contributed by atoms with van der Waals surface area (Å²) >= 11 is 1.38. The Morgan fingerprint density at radius 1 is 1.00 bits per heavy atom. The minimum atomic E-state index is -0.0430. The third-order valence-electron chi connectivity index (χ3n) is 3.13. The summed E-state index contributed by atoms with van der Waals surface area (Å²) in [6, 6.07) is 19.6. The van der Waals surface area contributed by atoms with Crippen LogP contribution in [0.5, 0.6) is 0 Å². The molecule has 21 heavy (non-hydrogen) atoms. The van der Waals surface area contributed by atoms with Gasteiger partial charge in [0.25, 0.3) is 0 Å². The first-order valence-electron chi connectivity index (χ1n) is 6.65. The van der Waals surface area contributed by atoms with Crippen molar-refractivity contribution in [2.45, 2.75) is 6.54 Å². The van der Waals surface area contributed by atoms with Crippen molar-refractivity contribution >= 4 is 17.2 Å². The molecule has 3 aromatic rings. The molecule has 0 N–H and O–H groups in total. The van der Waals surface area contributed by atoms with Gasteiger partial charge in [-0.2, -0.15) is 0 Å². The van der Waals surface area contributed by atoms with Gasteiger partial charge in [-0.05, 0) is 29.2 Å². The molecule has 4 nitrogen and oxygen atoms in total. The molecule has 3 rings (SSSR count). The van der Waals surface area contributed by atoms with Crippen molar-refractivity contribution in [3.05, 3.63) is 81.5 Å². The zero-order valence-electron chi connectivity index (χ0n) is 11.6. The van der Waals surface area contributed by atoms with Crippen LogP contribution >= 0.6 is 11.5 Å². The molecule has 1 heterocycles. The van der Waals surface area contributed by atoms with E-state index in [-0.39, 0.29) is 5.69 Å². The topological polar surface area (TPSA) is 39.3 Å². The summed E-state index contributed by atoms with van der Waals surface area (Å²) in [6.07, 6.45) is 0. The Hall–Kier alpha value is -2.40. The Kier molecular flexibility index (Phi) is 3.83. The highest BCUT2D eigenvalue weighted by atomic mass is 32.1. The van der Waals surface area contributed by atoms with Gasteiger partial charge in [-0.15, -0.1) is 0 Å². The van der Waals surface area contributed by atoms with Crippen molar-refractivity contribution in [1.82, 2.24) is 8.52 Å². The summed E-state index contributed by atoms with van der Waals surface area (Å²) in [5, 5.41) is 0. The van der Waals surface area contributed by atoms with Crippen molar-refractivity contribution < 1.29 is 0 Å². The van der Waals surface area contributed by atoms with E-state index in [1.807, 2.05) is 60.7 Å². The smallest absolute Gasteiger partial charge is 0.271 e. The molecule has 0 aliphatic carbocycles. The van der Waals surface area contributed by atoms with Gasteiger partial charge in [-0.1, -0.05) is 48.5 Å². The summed E-state index contributed by atoms with van der Waals surface area (Å²) in [4.78, 5) is 17.5. The largest absolute Gasteiger partial charge is 0.339 e. The van der Waals surface area contributed by atoms with Crippen molar-refractivity contribution in [3.8, 4) is 0 Å². The molecule has 0 saturated heterocycles. The predicted molar refractivity (Wildman–Crippen MR) is 84.8 cm³/mol. The first-order valence-corrected chi connectivity index (χ1v) is 7.42. The number of nitrogens with zero attached hydrogens (tertiary/aromatic N) is 3. The molecule has 0 unspecified atom stereocenters. The molecule has 0 spiro atoms. The molecule has 0 aliphatic heterocycles. The summed E-state index contributed by atoms with van der Waals surface area (Å²) in [5.41, 5.74) is 1.91. The van der Waals surface area contributed by atoms with Crippen LogP contribution in [0.1, 0.15) is 5.56 Å². The number of benzene rings is 2. The molecule has 0 saturated carbocycles. The van der Waals surface area contributed by atoms with Gasteiger partial charge < -0.3 is 0 Å². The molecule has 0 amide bonds. The highest BCUT2D eigenvalue weighted by molar-refractivity contribution is 7.03. The van der Waals surface area contributed by atoms with Gasteiger partial charge in [0.1, 0.15) is 0 Å². The summed E-state index contributed by atoms with van der Waals surface area (Å²) in [6.45, 7) is 0.572. The van der Waals surface area contributed by atoms with Crippen molar-refractivity contribution in [1.29, 1.82) is 0 Å². The molecular weight excluding hydrogens is 282 g/mol. The molecule has 0 aliphatic rings. The second kappa shape index (κ2) is 5.93. The standard InChI is InChI=1S/C16H15N3OS/c1-18-15(17-14-10-6-3-7-11-14)21-19(16(18)20)12-13-8-4-2-5-9-13/h2-11H,12H2,1H3. The first kappa shape index (κ1) is 13.6. The van der Waals surface area contributed by atoms with Crippen molar-refractivity contribution in [2.75, 3.05) is 0 Å². The van der Waals surface area contributed by atoms with Gasteiger partial charge in [-0.25, -0.2) is 13.7 Å². The van der Waals surface area contributed by atoms with Crippen LogP contribution in [0.25, 0.3) is 0 Å². The summed E-state index contributed by atoms with van der Waals surface area (Å²) in [7, 11) is 1.75. The molecule has 106 valence electrons. The molecule has 0 fully saturated rings. The van der Waals surface area contributed by atoms with E-state index in [0.717, 1.165) is 11.3 Å². The van der Waals surface area contributed by atoms with Crippen LogP contribution in [-0.4, -0.2) is 8.52 Å². The highest BCUT2D eigenvalue weighted by Crippen LogP contribution is 2.08. The van der Waals surface area contributed by atoms with Crippen LogP contribution in [0.3, 0.4) is 0 Å². The third-order valence-corrected chi connectivity index (χ3v) is 4.16. The zero-order valence-corrected chi connectivity index (χ0v) is 12.5. The molecule has 2 aromatic carbocycles.